The Morgan fingerprint density at radius 2 is 2.05 bits per heavy atom. The minimum atomic E-state index is -0.136. The zero-order valence-corrected chi connectivity index (χ0v) is 13.3. The molecule has 1 atom stereocenters. The van der Waals surface area contributed by atoms with E-state index in [1.54, 1.807) is 12.4 Å². The highest BCUT2D eigenvalue weighted by atomic mass is 16.5. The van der Waals surface area contributed by atoms with Crippen molar-refractivity contribution in [1.82, 2.24) is 20.2 Å². The second-order valence-corrected chi connectivity index (χ2v) is 5.46. The van der Waals surface area contributed by atoms with Crippen LogP contribution in [0.15, 0.2) is 12.4 Å². The maximum atomic E-state index is 12.0. The Kier molecular flexibility index (Phi) is 6.54. The Morgan fingerprint density at radius 3 is 2.68 bits per heavy atom. The van der Waals surface area contributed by atoms with Gasteiger partial charge in [-0.05, 0) is 13.3 Å². The molecule has 1 aromatic heterocycles. The smallest absolute Gasteiger partial charge is 0.254 e. The fourth-order valence-electron chi connectivity index (χ4n) is 2.10. The van der Waals surface area contributed by atoms with Crippen molar-refractivity contribution in [3.63, 3.8) is 0 Å². The molecule has 0 saturated carbocycles. The molecule has 0 radical (unpaired) electrons. The van der Waals surface area contributed by atoms with Crippen molar-refractivity contribution in [2.24, 2.45) is 0 Å². The van der Waals surface area contributed by atoms with Gasteiger partial charge in [0.25, 0.3) is 5.91 Å². The monoisotopic (exact) mass is 307 g/mol. The molecule has 2 heterocycles. The standard InChI is InChI=1S/C15H25N5O2/c1-3-12(2)19-15-17-10-13(11-18-15)14(21)16-4-5-20-6-8-22-9-7-20/h10-12H,3-9H2,1-2H3,(H,16,21)(H,17,18,19). The van der Waals surface area contributed by atoms with Crippen LogP contribution in [0.4, 0.5) is 5.95 Å². The van der Waals surface area contributed by atoms with Gasteiger partial charge in [-0.15, -0.1) is 0 Å². The Balaban J connectivity index is 1.74. The van der Waals surface area contributed by atoms with Crippen LogP contribution in [0.2, 0.25) is 0 Å². The predicted molar refractivity (Wildman–Crippen MR) is 85.0 cm³/mol. The quantitative estimate of drug-likeness (QED) is 0.774. The molecular formula is C15H25N5O2. The second-order valence-electron chi connectivity index (χ2n) is 5.46. The van der Waals surface area contributed by atoms with Gasteiger partial charge in [-0.25, -0.2) is 9.97 Å². The van der Waals surface area contributed by atoms with Crippen LogP contribution in [0, 0.1) is 0 Å². The lowest BCUT2D eigenvalue weighted by Crippen LogP contribution is -2.41. The summed E-state index contributed by atoms with van der Waals surface area (Å²) in [5.74, 6) is 0.419. The van der Waals surface area contributed by atoms with Gasteiger partial charge >= 0.3 is 0 Å². The third-order valence-corrected chi connectivity index (χ3v) is 3.72. The first-order chi connectivity index (χ1) is 10.7. The number of nitrogens with zero attached hydrogens (tertiary/aromatic N) is 3. The summed E-state index contributed by atoms with van der Waals surface area (Å²) in [7, 11) is 0. The molecule has 2 N–H and O–H groups in total. The van der Waals surface area contributed by atoms with Gasteiger partial charge in [0.1, 0.15) is 0 Å². The van der Waals surface area contributed by atoms with Gasteiger partial charge in [0.05, 0.1) is 18.8 Å². The van der Waals surface area contributed by atoms with Crippen molar-refractivity contribution in [2.75, 3.05) is 44.7 Å². The first-order valence-corrected chi connectivity index (χ1v) is 7.86. The highest BCUT2D eigenvalue weighted by molar-refractivity contribution is 5.93. The highest BCUT2D eigenvalue weighted by Gasteiger charge is 2.11. The van der Waals surface area contributed by atoms with E-state index in [-0.39, 0.29) is 5.91 Å². The van der Waals surface area contributed by atoms with Crippen molar-refractivity contribution < 1.29 is 9.53 Å². The van der Waals surface area contributed by atoms with Gasteiger partial charge in [0.15, 0.2) is 0 Å². The maximum absolute atomic E-state index is 12.0. The number of hydrogen-bond donors (Lipinski definition) is 2. The summed E-state index contributed by atoms with van der Waals surface area (Å²) < 4.78 is 5.29. The number of morpholine rings is 1. The molecule has 1 aliphatic rings. The largest absolute Gasteiger partial charge is 0.379 e. The highest BCUT2D eigenvalue weighted by Crippen LogP contribution is 2.03. The summed E-state index contributed by atoms with van der Waals surface area (Å²) >= 11 is 0. The fraction of sp³-hybridized carbons (Fsp3) is 0.667. The van der Waals surface area contributed by atoms with Gasteiger partial charge in [0, 0.05) is 44.6 Å². The van der Waals surface area contributed by atoms with Crippen molar-refractivity contribution in [3.8, 4) is 0 Å². The van der Waals surface area contributed by atoms with E-state index >= 15 is 0 Å². The number of hydrogen-bond acceptors (Lipinski definition) is 6. The normalized spacial score (nSPS) is 17.0. The lowest BCUT2D eigenvalue weighted by molar-refractivity contribution is 0.0383. The van der Waals surface area contributed by atoms with Crippen LogP contribution in [0.25, 0.3) is 0 Å². The Labute approximate surface area is 131 Å². The molecule has 0 spiro atoms. The summed E-state index contributed by atoms with van der Waals surface area (Å²) in [5, 5.41) is 6.07. The summed E-state index contributed by atoms with van der Waals surface area (Å²) in [4.78, 5) is 22.6. The average Bonchev–Trinajstić information content (AvgIpc) is 2.56. The van der Waals surface area contributed by atoms with E-state index in [0.717, 1.165) is 39.3 Å². The van der Waals surface area contributed by atoms with Gasteiger partial charge in [-0.2, -0.15) is 0 Å². The number of ether oxygens (including phenoxy) is 1. The van der Waals surface area contributed by atoms with Crippen LogP contribution < -0.4 is 10.6 Å². The summed E-state index contributed by atoms with van der Waals surface area (Å²) in [6.07, 6.45) is 4.11. The molecule has 7 heteroatoms. The lowest BCUT2D eigenvalue weighted by atomic mass is 10.3. The van der Waals surface area contributed by atoms with Crippen LogP contribution >= 0.6 is 0 Å². The molecule has 1 amide bonds. The van der Waals surface area contributed by atoms with Crippen LogP contribution in [-0.4, -0.2) is 66.2 Å². The van der Waals surface area contributed by atoms with Crippen LogP contribution in [-0.2, 0) is 4.74 Å². The van der Waals surface area contributed by atoms with Crippen LogP contribution in [0.1, 0.15) is 30.6 Å². The molecule has 1 unspecified atom stereocenters. The number of nitrogens with one attached hydrogen (secondary N) is 2. The van der Waals surface area contributed by atoms with E-state index < -0.39 is 0 Å². The van der Waals surface area contributed by atoms with E-state index in [1.807, 2.05) is 0 Å². The first-order valence-electron chi connectivity index (χ1n) is 7.86. The number of anilines is 1. The van der Waals surface area contributed by atoms with Crippen molar-refractivity contribution in [2.45, 2.75) is 26.3 Å². The van der Waals surface area contributed by atoms with Crippen molar-refractivity contribution >= 4 is 11.9 Å². The van der Waals surface area contributed by atoms with Gasteiger partial charge in [-0.1, -0.05) is 6.92 Å². The third kappa shape index (κ3) is 5.23. The topological polar surface area (TPSA) is 79.4 Å². The molecule has 1 aromatic rings. The second kappa shape index (κ2) is 8.65. The summed E-state index contributed by atoms with van der Waals surface area (Å²) in [6, 6.07) is 0.313. The molecule has 122 valence electrons. The molecule has 7 nitrogen and oxygen atoms in total. The number of amides is 1. The zero-order valence-electron chi connectivity index (χ0n) is 13.3. The molecule has 1 fully saturated rings. The summed E-state index contributed by atoms with van der Waals surface area (Å²) in [5.41, 5.74) is 0.483. The summed E-state index contributed by atoms with van der Waals surface area (Å²) in [6.45, 7) is 9.00. The molecular weight excluding hydrogens is 282 g/mol. The zero-order chi connectivity index (χ0) is 15.8. The number of aromatic nitrogens is 2. The van der Waals surface area contributed by atoms with E-state index in [1.165, 1.54) is 0 Å². The van der Waals surface area contributed by atoms with Gasteiger partial charge in [-0.3, -0.25) is 9.69 Å². The maximum Gasteiger partial charge on any atom is 0.254 e. The molecule has 0 aromatic carbocycles. The number of rotatable bonds is 7. The molecule has 1 aliphatic heterocycles. The van der Waals surface area contributed by atoms with Gasteiger partial charge in [0.2, 0.25) is 5.95 Å². The van der Waals surface area contributed by atoms with E-state index in [2.05, 4.69) is 39.3 Å². The Morgan fingerprint density at radius 1 is 1.36 bits per heavy atom. The lowest BCUT2D eigenvalue weighted by Gasteiger charge is -2.26. The fourth-order valence-corrected chi connectivity index (χ4v) is 2.10. The molecule has 22 heavy (non-hydrogen) atoms. The molecule has 1 saturated heterocycles. The third-order valence-electron chi connectivity index (χ3n) is 3.72. The minimum Gasteiger partial charge on any atom is -0.379 e. The van der Waals surface area contributed by atoms with Crippen molar-refractivity contribution in [3.05, 3.63) is 18.0 Å². The van der Waals surface area contributed by atoms with E-state index in [9.17, 15) is 4.79 Å². The molecule has 0 bridgehead atoms. The Hall–Kier alpha value is -1.73. The van der Waals surface area contributed by atoms with E-state index in [0.29, 0.717) is 24.1 Å². The van der Waals surface area contributed by atoms with Crippen LogP contribution in [0.3, 0.4) is 0 Å². The average molecular weight is 307 g/mol. The van der Waals surface area contributed by atoms with Gasteiger partial charge < -0.3 is 15.4 Å². The first kappa shape index (κ1) is 16.6. The minimum absolute atomic E-state index is 0.136. The van der Waals surface area contributed by atoms with Crippen LogP contribution in [0.5, 0.6) is 0 Å². The molecule has 2 rings (SSSR count). The Bertz CT molecular complexity index is 460. The molecule has 0 aliphatic carbocycles. The predicted octanol–water partition coefficient (Wildman–Crippen LogP) is 0.749. The van der Waals surface area contributed by atoms with Crippen molar-refractivity contribution in [1.29, 1.82) is 0 Å². The SMILES string of the molecule is CCC(C)Nc1ncc(C(=O)NCCN2CCOCC2)cn1. The number of carbonyl (C=O) groups is 1. The number of carbonyl (C=O) groups excluding carboxylic acids is 1. The van der Waals surface area contributed by atoms with E-state index in [4.69, 9.17) is 4.74 Å².